The Morgan fingerprint density at radius 2 is 1.20 bits per heavy atom. The van der Waals surface area contributed by atoms with Crippen molar-refractivity contribution in [2.24, 2.45) is 0 Å². The van der Waals surface area contributed by atoms with Gasteiger partial charge in [-0.15, -0.1) is 0 Å². The number of anilines is 3. The fourth-order valence-electron chi connectivity index (χ4n) is 8.32. The Kier molecular flexibility index (Phi) is 6.67. The molecule has 8 aromatic carbocycles. The number of nitrogens with zero attached hydrogens (tertiary/aromatic N) is 1. The standard InChI is InChI=1S/C48H35NOSi/c1-51(2)45-28-27-44-47(40-20-9-11-22-43(40)50-44)48(45)41-26-25-38(31-46(41)51)49(37-18-12-17-35(30-37)32-13-4-3-5-14-32)42-21-10-8-19-39(42)36-24-23-33-15-6-7-16-34(33)29-36/h3-31H,1-2H3. The lowest BCUT2D eigenvalue weighted by Crippen LogP contribution is -2.49. The van der Waals surface area contributed by atoms with Gasteiger partial charge in [0.05, 0.1) is 5.69 Å². The molecule has 0 aliphatic carbocycles. The third kappa shape index (κ3) is 4.70. The molecule has 0 amide bonds. The predicted molar refractivity (Wildman–Crippen MR) is 219 cm³/mol. The van der Waals surface area contributed by atoms with Crippen molar-refractivity contribution in [3.63, 3.8) is 0 Å². The van der Waals surface area contributed by atoms with E-state index < -0.39 is 8.07 Å². The van der Waals surface area contributed by atoms with E-state index in [0.29, 0.717) is 0 Å². The molecule has 242 valence electrons. The minimum absolute atomic E-state index is 0.945. The molecule has 0 N–H and O–H groups in total. The Bertz CT molecular complexity index is 2790. The number of para-hydroxylation sites is 2. The molecule has 0 bridgehead atoms. The average Bonchev–Trinajstić information content (AvgIpc) is 3.67. The lowest BCUT2D eigenvalue weighted by molar-refractivity contribution is 0.669. The summed E-state index contributed by atoms with van der Waals surface area (Å²) >= 11 is 0. The van der Waals surface area contributed by atoms with Crippen LogP contribution in [0.2, 0.25) is 13.1 Å². The van der Waals surface area contributed by atoms with Crippen molar-refractivity contribution in [1.29, 1.82) is 0 Å². The Balaban J connectivity index is 1.20. The number of fused-ring (bicyclic) bond motifs is 8. The highest BCUT2D eigenvalue weighted by molar-refractivity contribution is 7.04. The second-order valence-electron chi connectivity index (χ2n) is 14.1. The first-order valence-electron chi connectivity index (χ1n) is 17.7. The van der Waals surface area contributed by atoms with E-state index in [0.717, 1.165) is 28.2 Å². The van der Waals surface area contributed by atoms with Gasteiger partial charge in [-0.2, -0.15) is 0 Å². The Hall–Kier alpha value is -6.16. The van der Waals surface area contributed by atoms with E-state index in [4.69, 9.17) is 4.42 Å². The summed E-state index contributed by atoms with van der Waals surface area (Å²) in [6, 6.07) is 64.1. The maximum atomic E-state index is 6.38. The first kappa shape index (κ1) is 29.7. The maximum absolute atomic E-state index is 6.38. The second kappa shape index (κ2) is 11.4. The van der Waals surface area contributed by atoms with Crippen LogP contribution in [0, 0.1) is 0 Å². The van der Waals surface area contributed by atoms with E-state index in [2.05, 4.69) is 194 Å². The fourth-order valence-corrected chi connectivity index (χ4v) is 11.4. The zero-order valence-corrected chi connectivity index (χ0v) is 29.6. The van der Waals surface area contributed by atoms with Crippen molar-refractivity contribution in [3.05, 3.63) is 176 Å². The van der Waals surface area contributed by atoms with Crippen LogP contribution < -0.4 is 15.3 Å². The van der Waals surface area contributed by atoms with Crippen molar-refractivity contribution in [1.82, 2.24) is 0 Å². The summed E-state index contributed by atoms with van der Waals surface area (Å²) in [5, 5.41) is 7.85. The first-order valence-corrected chi connectivity index (χ1v) is 20.7. The molecule has 1 aromatic heterocycles. The minimum Gasteiger partial charge on any atom is -0.456 e. The molecule has 0 atom stereocenters. The van der Waals surface area contributed by atoms with Gasteiger partial charge in [0.1, 0.15) is 19.2 Å². The second-order valence-corrected chi connectivity index (χ2v) is 18.5. The Morgan fingerprint density at radius 1 is 0.451 bits per heavy atom. The highest BCUT2D eigenvalue weighted by atomic mass is 28.3. The summed E-state index contributed by atoms with van der Waals surface area (Å²) in [6.45, 7) is 5.00. The van der Waals surface area contributed by atoms with E-state index in [9.17, 15) is 0 Å². The summed E-state index contributed by atoms with van der Waals surface area (Å²) in [5.41, 5.74) is 12.8. The van der Waals surface area contributed by atoms with Gasteiger partial charge in [-0.05, 0) is 97.5 Å². The maximum Gasteiger partial charge on any atom is 0.136 e. The van der Waals surface area contributed by atoms with Gasteiger partial charge in [-0.1, -0.05) is 140 Å². The van der Waals surface area contributed by atoms with Gasteiger partial charge in [-0.25, -0.2) is 0 Å². The quantitative estimate of drug-likeness (QED) is 0.170. The smallest absolute Gasteiger partial charge is 0.136 e. The van der Waals surface area contributed by atoms with E-state index in [-0.39, 0.29) is 0 Å². The monoisotopic (exact) mass is 669 g/mol. The number of rotatable bonds is 5. The Labute approximate surface area is 298 Å². The van der Waals surface area contributed by atoms with Crippen molar-refractivity contribution >= 4 is 68.2 Å². The summed E-state index contributed by atoms with van der Waals surface area (Å²) < 4.78 is 6.38. The summed E-state index contributed by atoms with van der Waals surface area (Å²) in [6.07, 6.45) is 0. The van der Waals surface area contributed by atoms with Gasteiger partial charge in [0, 0.05) is 27.7 Å². The average molecular weight is 670 g/mol. The van der Waals surface area contributed by atoms with Gasteiger partial charge in [0.2, 0.25) is 0 Å². The zero-order valence-electron chi connectivity index (χ0n) is 28.6. The van der Waals surface area contributed by atoms with Crippen LogP contribution in [0.4, 0.5) is 17.1 Å². The molecule has 2 heterocycles. The highest BCUT2D eigenvalue weighted by Gasteiger charge is 2.40. The molecule has 1 aliphatic heterocycles. The van der Waals surface area contributed by atoms with Crippen LogP contribution in [0.3, 0.4) is 0 Å². The van der Waals surface area contributed by atoms with Crippen LogP contribution in [0.15, 0.2) is 180 Å². The molecule has 0 saturated heterocycles. The Morgan fingerprint density at radius 3 is 2.10 bits per heavy atom. The van der Waals surface area contributed by atoms with Gasteiger partial charge in [0.25, 0.3) is 0 Å². The molecule has 51 heavy (non-hydrogen) atoms. The van der Waals surface area contributed by atoms with Crippen LogP contribution in [0.25, 0.3) is 66.1 Å². The van der Waals surface area contributed by atoms with Crippen LogP contribution in [0.5, 0.6) is 0 Å². The number of hydrogen-bond donors (Lipinski definition) is 0. The molecule has 9 aromatic rings. The van der Waals surface area contributed by atoms with Crippen molar-refractivity contribution in [2.45, 2.75) is 13.1 Å². The molecule has 10 rings (SSSR count). The normalized spacial score (nSPS) is 13.1. The number of benzene rings is 8. The van der Waals surface area contributed by atoms with E-state index in [1.54, 1.807) is 0 Å². The molecular weight excluding hydrogens is 635 g/mol. The molecule has 0 radical (unpaired) electrons. The lowest BCUT2D eigenvalue weighted by atomic mass is 9.97. The molecule has 0 spiro atoms. The van der Waals surface area contributed by atoms with E-state index in [1.807, 2.05) is 0 Å². The van der Waals surface area contributed by atoms with Gasteiger partial charge in [-0.3, -0.25) is 0 Å². The summed E-state index contributed by atoms with van der Waals surface area (Å²) in [7, 11) is -2.08. The van der Waals surface area contributed by atoms with Crippen molar-refractivity contribution in [3.8, 4) is 33.4 Å². The fraction of sp³-hybridized carbons (Fsp3) is 0.0417. The molecule has 2 nitrogen and oxygen atoms in total. The van der Waals surface area contributed by atoms with Gasteiger partial charge >= 0.3 is 0 Å². The molecular formula is C48H35NOSi. The predicted octanol–water partition coefficient (Wildman–Crippen LogP) is 12.3. The highest BCUT2D eigenvalue weighted by Crippen LogP contribution is 2.45. The SMILES string of the molecule is C[Si]1(C)c2cc(N(c3cccc(-c4ccccc4)c3)c3ccccc3-c3ccc4ccccc4c3)ccc2-c2c1ccc1oc3ccccc3c21. The van der Waals surface area contributed by atoms with Crippen LogP contribution >= 0.6 is 0 Å². The van der Waals surface area contributed by atoms with Gasteiger partial charge in [0.15, 0.2) is 0 Å². The molecule has 3 heteroatoms. The minimum atomic E-state index is -2.08. The third-order valence-electron chi connectivity index (χ3n) is 10.8. The molecule has 0 fully saturated rings. The zero-order chi connectivity index (χ0) is 34.1. The van der Waals surface area contributed by atoms with E-state index >= 15 is 0 Å². The van der Waals surface area contributed by atoms with E-state index in [1.165, 1.54) is 65.3 Å². The number of furan rings is 1. The van der Waals surface area contributed by atoms with Crippen LogP contribution in [-0.2, 0) is 0 Å². The largest absolute Gasteiger partial charge is 0.456 e. The topological polar surface area (TPSA) is 16.4 Å². The van der Waals surface area contributed by atoms with Crippen LogP contribution in [0.1, 0.15) is 0 Å². The molecule has 1 aliphatic rings. The van der Waals surface area contributed by atoms with Crippen LogP contribution in [-0.4, -0.2) is 8.07 Å². The van der Waals surface area contributed by atoms with Crippen molar-refractivity contribution in [2.75, 3.05) is 4.90 Å². The molecule has 0 unspecified atom stereocenters. The third-order valence-corrected chi connectivity index (χ3v) is 14.4. The summed E-state index contributed by atoms with van der Waals surface area (Å²) in [4.78, 5) is 2.47. The van der Waals surface area contributed by atoms with Gasteiger partial charge < -0.3 is 9.32 Å². The summed E-state index contributed by atoms with van der Waals surface area (Å²) in [5.74, 6) is 0. The lowest BCUT2D eigenvalue weighted by Gasteiger charge is -2.30. The molecule has 0 saturated carbocycles. The van der Waals surface area contributed by atoms with Crippen molar-refractivity contribution < 1.29 is 4.42 Å². The number of hydrogen-bond acceptors (Lipinski definition) is 2. The first-order chi connectivity index (χ1) is 25.0.